The molecule has 3 aromatic rings. The van der Waals surface area contributed by atoms with Crippen LogP contribution in [0.5, 0.6) is 0 Å². The first-order chi connectivity index (χ1) is 10.1. The lowest BCUT2D eigenvalue weighted by atomic mass is 10.1. The molecule has 3 heterocycles. The van der Waals surface area contributed by atoms with Crippen molar-refractivity contribution in [3.8, 4) is 0 Å². The summed E-state index contributed by atoms with van der Waals surface area (Å²) >= 11 is 5.87. The Hall–Kier alpha value is -2.20. The molecule has 21 heavy (non-hydrogen) atoms. The zero-order chi connectivity index (χ0) is 15.0. The predicted octanol–water partition coefficient (Wildman–Crippen LogP) is 3.90. The van der Waals surface area contributed by atoms with Crippen molar-refractivity contribution >= 4 is 28.3 Å². The van der Waals surface area contributed by atoms with E-state index < -0.39 is 0 Å². The van der Waals surface area contributed by atoms with Crippen molar-refractivity contribution < 1.29 is 4.79 Å². The lowest BCUT2D eigenvalue weighted by Crippen LogP contribution is -2.02. The van der Waals surface area contributed by atoms with Crippen LogP contribution in [0.4, 0.5) is 0 Å². The van der Waals surface area contributed by atoms with Gasteiger partial charge in [0.05, 0.1) is 5.52 Å². The SMILES string of the molecule is CC(C)n1cc(C(=O)c2ccnc(Cl)c2)c2cnccc21. The van der Waals surface area contributed by atoms with Crippen LogP contribution in [-0.2, 0) is 0 Å². The Labute approximate surface area is 127 Å². The van der Waals surface area contributed by atoms with Gasteiger partial charge in [0.1, 0.15) is 5.15 Å². The molecule has 0 saturated heterocycles. The Bertz CT molecular complexity index is 823. The number of pyridine rings is 2. The zero-order valence-corrected chi connectivity index (χ0v) is 12.5. The zero-order valence-electron chi connectivity index (χ0n) is 11.7. The van der Waals surface area contributed by atoms with Crippen LogP contribution in [-0.4, -0.2) is 20.3 Å². The van der Waals surface area contributed by atoms with E-state index in [1.54, 1.807) is 24.5 Å². The number of ketones is 1. The van der Waals surface area contributed by atoms with Gasteiger partial charge in [0.15, 0.2) is 5.78 Å². The first-order valence-corrected chi connectivity index (χ1v) is 7.06. The van der Waals surface area contributed by atoms with Crippen LogP contribution in [0.25, 0.3) is 10.9 Å². The Morgan fingerprint density at radius 1 is 1.29 bits per heavy atom. The third-order valence-corrected chi connectivity index (χ3v) is 3.63. The number of fused-ring (bicyclic) bond motifs is 1. The standard InChI is InChI=1S/C16H14ClN3O/c1-10(2)20-9-13(12-8-18-5-4-14(12)20)16(21)11-3-6-19-15(17)7-11/h3-10H,1-2H3. The average Bonchev–Trinajstić information content (AvgIpc) is 2.86. The van der Waals surface area contributed by atoms with Crippen molar-refractivity contribution in [3.05, 3.63) is 59.3 Å². The minimum atomic E-state index is -0.0725. The van der Waals surface area contributed by atoms with Gasteiger partial charge in [0.25, 0.3) is 0 Å². The van der Waals surface area contributed by atoms with Crippen LogP contribution in [0.2, 0.25) is 5.15 Å². The first kappa shape index (κ1) is 13.8. The number of carbonyl (C=O) groups excluding carboxylic acids is 1. The van der Waals surface area contributed by atoms with Crippen molar-refractivity contribution in [1.29, 1.82) is 0 Å². The summed E-state index contributed by atoms with van der Waals surface area (Å²) in [6, 6.07) is 5.44. The lowest BCUT2D eigenvalue weighted by molar-refractivity contribution is 0.104. The molecule has 0 atom stereocenters. The highest BCUT2D eigenvalue weighted by Crippen LogP contribution is 2.26. The summed E-state index contributed by atoms with van der Waals surface area (Å²) in [4.78, 5) is 20.8. The minimum absolute atomic E-state index is 0.0725. The molecule has 0 unspecified atom stereocenters. The van der Waals surface area contributed by atoms with E-state index in [-0.39, 0.29) is 11.8 Å². The third kappa shape index (κ3) is 2.43. The number of rotatable bonds is 3. The van der Waals surface area contributed by atoms with Gasteiger partial charge in [-0.15, -0.1) is 0 Å². The maximum absolute atomic E-state index is 12.7. The summed E-state index contributed by atoms with van der Waals surface area (Å²) in [5.41, 5.74) is 2.17. The van der Waals surface area contributed by atoms with E-state index >= 15 is 0 Å². The van der Waals surface area contributed by atoms with Gasteiger partial charge in [-0.3, -0.25) is 9.78 Å². The van der Waals surface area contributed by atoms with E-state index in [1.807, 2.05) is 12.3 Å². The highest BCUT2D eigenvalue weighted by molar-refractivity contribution is 6.30. The summed E-state index contributed by atoms with van der Waals surface area (Å²) in [7, 11) is 0. The molecule has 3 aromatic heterocycles. The van der Waals surface area contributed by atoms with Gasteiger partial charge >= 0.3 is 0 Å². The monoisotopic (exact) mass is 299 g/mol. The Kier molecular flexibility index (Phi) is 3.47. The number of carbonyl (C=O) groups is 1. The van der Waals surface area contributed by atoms with Crippen molar-refractivity contribution in [2.24, 2.45) is 0 Å². The molecule has 0 fully saturated rings. The molecular weight excluding hydrogens is 286 g/mol. The average molecular weight is 300 g/mol. The van der Waals surface area contributed by atoms with E-state index in [2.05, 4.69) is 28.4 Å². The molecule has 0 saturated carbocycles. The molecule has 0 spiro atoms. The predicted molar refractivity (Wildman–Crippen MR) is 82.8 cm³/mol. The second-order valence-electron chi connectivity index (χ2n) is 5.13. The molecule has 4 nitrogen and oxygen atoms in total. The lowest BCUT2D eigenvalue weighted by Gasteiger charge is -2.08. The van der Waals surface area contributed by atoms with Gasteiger partial charge in [-0.1, -0.05) is 11.6 Å². The highest BCUT2D eigenvalue weighted by atomic mass is 35.5. The maximum Gasteiger partial charge on any atom is 0.195 e. The maximum atomic E-state index is 12.7. The van der Waals surface area contributed by atoms with E-state index in [0.717, 1.165) is 10.9 Å². The van der Waals surface area contributed by atoms with Gasteiger partial charge < -0.3 is 4.57 Å². The second kappa shape index (κ2) is 5.30. The van der Waals surface area contributed by atoms with E-state index in [0.29, 0.717) is 16.3 Å². The molecule has 0 amide bonds. The Morgan fingerprint density at radius 3 is 2.81 bits per heavy atom. The largest absolute Gasteiger partial charge is 0.344 e. The van der Waals surface area contributed by atoms with Crippen molar-refractivity contribution in [1.82, 2.24) is 14.5 Å². The number of aromatic nitrogens is 3. The molecule has 5 heteroatoms. The Balaban J connectivity index is 2.19. The number of hydrogen-bond donors (Lipinski definition) is 0. The van der Waals surface area contributed by atoms with Crippen LogP contribution in [0.1, 0.15) is 35.8 Å². The molecule has 0 aliphatic heterocycles. The fourth-order valence-corrected chi connectivity index (χ4v) is 2.58. The molecule has 3 rings (SSSR count). The van der Waals surface area contributed by atoms with E-state index in [9.17, 15) is 4.79 Å². The molecule has 0 bridgehead atoms. The quantitative estimate of drug-likeness (QED) is 0.544. The summed E-state index contributed by atoms with van der Waals surface area (Å²) in [5.74, 6) is -0.0725. The van der Waals surface area contributed by atoms with Crippen molar-refractivity contribution in [2.45, 2.75) is 19.9 Å². The normalized spacial score (nSPS) is 11.2. The van der Waals surface area contributed by atoms with Crippen LogP contribution >= 0.6 is 11.6 Å². The highest BCUT2D eigenvalue weighted by Gasteiger charge is 2.18. The summed E-state index contributed by atoms with van der Waals surface area (Å²) in [5, 5.41) is 1.16. The van der Waals surface area contributed by atoms with Crippen molar-refractivity contribution in [2.75, 3.05) is 0 Å². The molecule has 0 aliphatic carbocycles. The van der Waals surface area contributed by atoms with E-state index in [1.165, 1.54) is 6.20 Å². The number of hydrogen-bond acceptors (Lipinski definition) is 3. The van der Waals surface area contributed by atoms with Crippen LogP contribution in [0.3, 0.4) is 0 Å². The van der Waals surface area contributed by atoms with Crippen molar-refractivity contribution in [3.63, 3.8) is 0 Å². The van der Waals surface area contributed by atoms with E-state index in [4.69, 9.17) is 11.6 Å². The van der Waals surface area contributed by atoms with Gasteiger partial charge in [0.2, 0.25) is 0 Å². The number of nitrogens with zero attached hydrogens (tertiary/aromatic N) is 3. The van der Waals surface area contributed by atoms with Gasteiger partial charge in [0, 0.05) is 47.3 Å². The summed E-state index contributed by atoms with van der Waals surface area (Å²) in [6.45, 7) is 4.16. The van der Waals surface area contributed by atoms with Crippen LogP contribution in [0.15, 0.2) is 43.0 Å². The molecule has 0 N–H and O–H groups in total. The molecule has 0 aliphatic rings. The molecule has 0 aromatic carbocycles. The van der Waals surface area contributed by atoms with Gasteiger partial charge in [-0.05, 0) is 32.0 Å². The summed E-state index contributed by atoms with van der Waals surface area (Å²) in [6.07, 6.45) is 6.88. The number of halogens is 1. The van der Waals surface area contributed by atoms with Gasteiger partial charge in [-0.25, -0.2) is 4.98 Å². The molecule has 0 radical (unpaired) electrons. The fourth-order valence-electron chi connectivity index (χ4n) is 2.41. The second-order valence-corrected chi connectivity index (χ2v) is 5.52. The third-order valence-electron chi connectivity index (χ3n) is 3.42. The van der Waals surface area contributed by atoms with Gasteiger partial charge in [-0.2, -0.15) is 0 Å². The first-order valence-electron chi connectivity index (χ1n) is 6.68. The smallest absolute Gasteiger partial charge is 0.195 e. The summed E-state index contributed by atoms with van der Waals surface area (Å²) < 4.78 is 2.08. The topological polar surface area (TPSA) is 47.8 Å². The van der Waals surface area contributed by atoms with Crippen LogP contribution in [0, 0.1) is 0 Å². The van der Waals surface area contributed by atoms with Crippen LogP contribution < -0.4 is 0 Å². The Morgan fingerprint density at radius 2 is 2.10 bits per heavy atom. The minimum Gasteiger partial charge on any atom is -0.344 e. The fraction of sp³-hybridized carbons (Fsp3) is 0.188. The molecular formula is C16H14ClN3O. The molecule has 106 valence electrons.